The molecule has 0 aliphatic carbocycles. The SMILES string of the molecule is c1ccc(C2NCOC2c2ccccc2)cc1. The molecule has 1 heterocycles. The molecule has 86 valence electrons. The van der Waals surface area contributed by atoms with Gasteiger partial charge < -0.3 is 4.74 Å². The van der Waals surface area contributed by atoms with Crippen molar-refractivity contribution in [3.63, 3.8) is 0 Å². The van der Waals surface area contributed by atoms with Crippen LogP contribution in [0.1, 0.15) is 23.3 Å². The molecule has 2 nitrogen and oxygen atoms in total. The number of hydrogen-bond donors (Lipinski definition) is 1. The van der Waals surface area contributed by atoms with E-state index in [-0.39, 0.29) is 12.1 Å². The van der Waals surface area contributed by atoms with Gasteiger partial charge in [-0.3, -0.25) is 5.32 Å². The summed E-state index contributed by atoms with van der Waals surface area (Å²) < 4.78 is 5.79. The van der Waals surface area contributed by atoms with Crippen LogP contribution in [-0.4, -0.2) is 6.73 Å². The third-order valence-electron chi connectivity index (χ3n) is 3.16. The third-order valence-corrected chi connectivity index (χ3v) is 3.16. The van der Waals surface area contributed by atoms with Crippen molar-refractivity contribution in [1.29, 1.82) is 0 Å². The summed E-state index contributed by atoms with van der Waals surface area (Å²) in [6.45, 7) is 0.610. The molecule has 2 unspecified atom stereocenters. The summed E-state index contributed by atoms with van der Waals surface area (Å²) in [5, 5.41) is 3.40. The van der Waals surface area contributed by atoms with Gasteiger partial charge in [-0.15, -0.1) is 0 Å². The minimum absolute atomic E-state index is 0.110. The van der Waals surface area contributed by atoms with E-state index in [1.54, 1.807) is 0 Å². The van der Waals surface area contributed by atoms with Crippen LogP contribution in [0.15, 0.2) is 60.7 Å². The molecule has 2 heteroatoms. The third kappa shape index (κ3) is 2.09. The first-order chi connectivity index (χ1) is 8.45. The highest BCUT2D eigenvalue weighted by Gasteiger charge is 2.29. The average molecular weight is 225 g/mol. The van der Waals surface area contributed by atoms with Crippen molar-refractivity contribution in [2.45, 2.75) is 12.1 Å². The molecule has 3 rings (SSSR count). The maximum atomic E-state index is 5.79. The molecule has 1 saturated heterocycles. The van der Waals surface area contributed by atoms with Crippen LogP contribution >= 0.6 is 0 Å². The standard InChI is InChI=1S/C15H15NO/c1-3-7-12(8-4-1)14-15(17-11-16-14)13-9-5-2-6-10-13/h1-10,14-16H,11H2. The lowest BCUT2D eigenvalue weighted by Gasteiger charge is -2.18. The van der Waals surface area contributed by atoms with E-state index < -0.39 is 0 Å². The molecular formula is C15H15NO. The van der Waals surface area contributed by atoms with Crippen molar-refractivity contribution in [1.82, 2.24) is 5.32 Å². The lowest BCUT2D eigenvalue weighted by atomic mass is 9.97. The largest absolute Gasteiger partial charge is 0.356 e. The van der Waals surface area contributed by atoms with Gasteiger partial charge in [-0.1, -0.05) is 60.7 Å². The molecule has 2 atom stereocenters. The zero-order valence-corrected chi connectivity index (χ0v) is 9.54. The van der Waals surface area contributed by atoms with Crippen LogP contribution in [0.5, 0.6) is 0 Å². The lowest BCUT2D eigenvalue weighted by Crippen LogP contribution is -2.16. The fraction of sp³-hybridized carbons (Fsp3) is 0.200. The van der Waals surface area contributed by atoms with E-state index in [4.69, 9.17) is 4.74 Å². The Bertz CT molecular complexity index is 423. The van der Waals surface area contributed by atoms with Crippen molar-refractivity contribution in [2.24, 2.45) is 0 Å². The molecule has 0 amide bonds. The van der Waals surface area contributed by atoms with Crippen LogP contribution in [-0.2, 0) is 4.74 Å². The summed E-state index contributed by atoms with van der Waals surface area (Å²) in [7, 11) is 0. The van der Waals surface area contributed by atoms with Gasteiger partial charge in [0.05, 0.1) is 12.8 Å². The van der Waals surface area contributed by atoms with E-state index in [1.807, 2.05) is 12.1 Å². The summed E-state index contributed by atoms with van der Waals surface area (Å²) in [6, 6.07) is 21.1. The van der Waals surface area contributed by atoms with E-state index in [0.29, 0.717) is 6.73 Å². The van der Waals surface area contributed by atoms with Crippen LogP contribution in [0.4, 0.5) is 0 Å². The fourth-order valence-corrected chi connectivity index (χ4v) is 2.32. The molecule has 1 N–H and O–H groups in total. The smallest absolute Gasteiger partial charge is 0.104 e. The normalized spacial score (nSPS) is 23.8. The van der Waals surface area contributed by atoms with Crippen molar-refractivity contribution in [3.8, 4) is 0 Å². The molecule has 2 aromatic rings. The number of nitrogens with one attached hydrogen (secondary N) is 1. The summed E-state index contributed by atoms with van der Waals surface area (Å²) >= 11 is 0. The second-order valence-electron chi connectivity index (χ2n) is 4.23. The highest BCUT2D eigenvalue weighted by atomic mass is 16.5. The fourth-order valence-electron chi connectivity index (χ4n) is 2.32. The molecule has 0 saturated carbocycles. The van der Waals surface area contributed by atoms with Crippen LogP contribution in [0.2, 0.25) is 0 Å². The van der Waals surface area contributed by atoms with E-state index in [0.717, 1.165) is 0 Å². The molecule has 0 bridgehead atoms. The quantitative estimate of drug-likeness (QED) is 0.848. The lowest BCUT2D eigenvalue weighted by molar-refractivity contribution is 0.103. The van der Waals surface area contributed by atoms with Gasteiger partial charge in [-0.25, -0.2) is 0 Å². The monoisotopic (exact) mass is 225 g/mol. The van der Waals surface area contributed by atoms with E-state index >= 15 is 0 Å². The molecule has 2 aromatic carbocycles. The Balaban J connectivity index is 1.91. The Morgan fingerprint density at radius 3 is 2.06 bits per heavy atom. The number of rotatable bonds is 2. The van der Waals surface area contributed by atoms with Gasteiger partial charge in [0.1, 0.15) is 6.10 Å². The van der Waals surface area contributed by atoms with Gasteiger partial charge in [-0.05, 0) is 11.1 Å². The zero-order chi connectivity index (χ0) is 11.5. The molecule has 1 fully saturated rings. The summed E-state index contributed by atoms with van der Waals surface area (Å²) in [5.74, 6) is 0. The van der Waals surface area contributed by atoms with Gasteiger partial charge in [0.25, 0.3) is 0 Å². The highest BCUT2D eigenvalue weighted by Crippen LogP contribution is 2.35. The number of hydrogen-bond acceptors (Lipinski definition) is 2. The maximum Gasteiger partial charge on any atom is 0.104 e. The van der Waals surface area contributed by atoms with E-state index in [9.17, 15) is 0 Å². The minimum Gasteiger partial charge on any atom is -0.356 e. The Morgan fingerprint density at radius 2 is 1.41 bits per heavy atom. The van der Waals surface area contributed by atoms with Gasteiger partial charge in [-0.2, -0.15) is 0 Å². The summed E-state index contributed by atoms with van der Waals surface area (Å²) in [5.41, 5.74) is 2.50. The number of ether oxygens (including phenoxy) is 1. The van der Waals surface area contributed by atoms with Gasteiger partial charge >= 0.3 is 0 Å². The first-order valence-corrected chi connectivity index (χ1v) is 5.90. The van der Waals surface area contributed by atoms with E-state index in [1.165, 1.54) is 11.1 Å². The first kappa shape index (κ1) is 10.5. The van der Waals surface area contributed by atoms with Crippen LogP contribution in [0, 0.1) is 0 Å². The predicted octanol–water partition coefficient (Wildman–Crippen LogP) is 3.05. The van der Waals surface area contributed by atoms with Gasteiger partial charge in [0.15, 0.2) is 0 Å². The molecule has 0 aromatic heterocycles. The minimum atomic E-state index is 0.110. The van der Waals surface area contributed by atoms with Crippen molar-refractivity contribution in [2.75, 3.05) is 6.73 Å². The maximum absolute atomic E-state index is 5.79. The molecule has 17 heavy (non-hydrogen) atoms. The first-order valence-electron chi connectivity index (χ1n) is 5.90. The summed E-state index contributed by atoms with van der Waals surface area (Å²) in [4.78, 5) is 0. The van der Waals surface area contributed by atoms with Crippen molar-refractivity contribution in [3.05, 3.63) is 71.8 Å². The molecular weight excluding hydrogens is 210 g/mol. The Hall–Kier alpha value is -1.64. The molecule has 1 aliphatic rings. The van der Waals surface area contributed by atoms with E-state index in [2.05, 4.69) is 53.8 Å². The molecule has 0 radical (unpaired) electrons. The van der Waals surface area contributed by atoms with Gasteiger partial charge in [0, 0.05) is 0 Å². The number of benzene rings is 2. The zero-order valence-electron chi connectivity index (χ0n) is 9.54. The topological polar surface area (TPSA) is 21.3 Å². The molecule has 0 spiro atoms. The molecule has 1 aliphatic heterocycles. The van der Waals surface area contributed by atoms with Crippen LogP contribution < -0.4 is 5.32 Å². The van der Waals surface area contributed by atoms with Crippen LogP contribution in [0.25, 0.3) is 0 Å². The van der Waals surface area contributed by atoms with Crippen LogP contribution in [0.3, 0.4) is 0 Å². The Labute approximate surface area is 101 Å². The second kappa shape index (κ2) is 4.70. The van der Waals surface area contributed by atoms with Gasteiger partial charge in [0.2, 0.25) is 0 Å². The predicted molar refractivity (Wildman–Crippen MR) is 67.5 cm³/mol. The summed E-state index contributed by atoms with van der Waals surface area (Å²) in [6.07, 6.45) is 0.110. The average Bonchev–Trinajstić information content (AvgIpc) is 2.90. The highest BCUT2D eigenvalue weighted by molar-refractivity contribution is 5.27. The second-order valence-corrected chi connectivity index (χ2v) is 4.23. The Kier molecular flexibility index (Phi) is 2.90. The van der Waals surface area contributed by atoms with Crippen molar-refractivity contribution < 1.29 is 4.74 Å². The Morgan fingerprint density at radius 1 is 0.824 bits per heavy atom. The van der Waals surface area contributed by atoms with Crippen molar-refractivity contribution >= 4 is 0 Å².